The van der Waals surface area contributed by atoms with Crippen molar-refractivity contribution in [2.24, 2.45) is 11.3 Å². The summed E-state index contributed by atoms with van der Waals surface area (Å²) in [5.41, 5.74) is 0.106. The van der Waals surface area contributed by atoms with Crippen LogP contribution >= 0.6 is 0 Å². The molecule has 0 radical (unpaired) electrons. The van der Waals surface area contributed by atoms with Crippen molar-refractivity contribution in [3.8, 4) is 0 Å². The van der Waals surface area contributed by atoms with Crippen molar-refractivity contribution in [1.82, 2.24) is 9.80 Å². The maximum absolute atomic E-state index is 13.4. The van der Waals surface area contributed by atoms with E-state index in [0.29, 0.717) is 31.6 Å². The normalized spacial score (nSPS) is 26.6. The quantitative estimate of drug-likeness (QED) is 0.843. The largest absolute Gasteiger partial charge is 0.341 e. The summed E-state index contributed by atoms with van der Waals surface area (Å²) in [4.78, 5) is 29.0. The molecule has 1 aliphatic carbocycles. The average molecular weight is 348 g/mol. The molecule has 0 aromatic heterocycles. The van der Waals surface area contributed by atoms with Crippen molar-refractivity contribution in [3.05, 3.63) is 35.4 Å². The first kappa shape index (κ1) is 16.5. The van der Waals surface area contributed by atoms with Crippen LogP contribution in [0.2, 0.25) is 0 Å². The number of carbonyl (C=O) groups is 2. The first-order chi connectivity index (χ1) is 12.0. The van der Waals surface area contributed by atoms with Gasteiger partial charge in [0.05, 0.1) is 5.41 Å². The van der Waals surface area contributed by atoms with Gasteiger partial charge in [0.15, 0.2) is 11.6 Å². The summed E-state index contributed by atoms with van der Waals surface area (Å²) in [6.45, 7) is 2.07. The number of halogens is 2. The number of hydrogen-bond acceptors (Lipinski definition) is 2. The Morgan fingerprint density at radius 3 is 2.68 bits per heavy atom. The minimum atomic E-state index is -0.890. The fourth-order valence-electron chi connectivity index (χ4n) is 4.19. The van der Waals surface area contributed by atoms with Crippen LogP contribution < -0.4 is 0 Å². The number of amides is 2. The first-order valence-electron chi connectivity index (χ1n) is 9.01. The minimum absolute atomic E-state index is 0.0505. The SMILES string of the molecule is O=C(C1CC1)N1CC[C@]2(CCCN(Cc3ccc(F)c(F)c3)C2=O)C1. The van der Waals surface area contributed by atoms with Crippen LogP contribution in [0.4, 0.5) is 8.78 Å². The summed E-state index contributed by atoms with van der Waals surface area (Å²) >= 11 is 0. The van der Waals surface area contributed by atoms with Gasteiger partial charge in [-0.2, -0.15) is 0 Å². The molecular formula is C19H22F2N2O2. The predicted octanol–water partition coefficient (Wildman–Crippen LogP) is 2.72. The average Bonchev–Trinajstić information content (AvgIpc) is 3.36. The molecule has 1 aromatic carbocycles. The number of benzene rings is 1. The van der Waals surface area contributed by atoms with Gasteiger partial charge >= 0.3 is 0 Å². The molecule has 134 valence electrons. The van der Waals surface area contributed by atoms with E-state index in [1.807, 2.05) is 4.90 Å². The van der Waals surface area contributed by atoms with Gasteiger partial charge in [0, 0.05) is 32.1 Å². The summed E-state index contributed by atoms with van der Waals surface area (Å²) in [5, 5.41) is 0. The molecule has 0 bridgehead atoms. The monoisotopic (exact) mass is 348 g/mol. The van der Waals surface area contributed by atoms with E-state index in [9.17, 15) is 18.4 Å². The molecule has 3 aliphatic rings. The van der Waals surface area contributed by atoms with E-state index in [2.05, 4.69) is 0 Å². The lowest BCUT2D eigenvalue weighted by atomic mass is 9.78. The molecule has 1 spiro atoms. The Morgan fingerprint density at radius 1 is 1.16 bits per heavy atom. The highest BCUT2D eigenvalue weighted by atomic mass is 19.2. The summed E-state index contributed by atoms with van der Waals surface area (Å²) in [6, 6.07) is 3.77. The Bertz CT molecular complexity index is 719. The van der Waals surface area contributed by atoms with Gasteiger partial charge in [-0.25, -0.2) is 8.78 Å². The third-order valence-corrected chi connectivity index (χ3v) is 5.77. The van der Waals surface area contributed by atoms with Crippen molar-refractivity contribution in [3.63, 3.8) is 0 Å². The molecule has 25 heavy (non-hydrogen) atoms. The lowest BCUT2D eigenvalue weighted by Crippen LogP contribution is -2.50. The van der Waals surface area contributed by atoms with E-state index in [-0.39, 0.29) is 24.3 Å². The fourth-order valence-corrected chi connectivity index (χ4v) is 4.19. The number of nitrogens with zero attached hydrogens (tertiary/aromatic N) is 2. The van der Waals surface area contributed by atoms with Gasteiger partial charge in [-0.1, -0.05) is 6.07 Å². The zero-order chi connectivity index (χ0) is 17.6. The lowest BCUT2D eigenvalue weighted by Gasteiger charge is -2.39. The van der Waals surface area contributed by atoms with Crippen molar-refractivity contribution in [2.45, 2.75) is 38.6 Å². The molecule has 0 unspecified atom stereocenters. The van der Waals surface area contributed by atoms with Crippen LogP contribution in [0, 0.1) is 23.0 Å². The Balaban J connectivity index is 1.47. The van der Waals surface area contributed by atoms with E-state index in [4.69, 9.17) is 0 Å². The molecule has 4 rings (SSSR count). The van der Waals surface area contributed by atoms with Crippen LogP contribution in [0.3, 0.4) is 0 Å². The number of hydrogen-bond donors (Lipinski definition) is 0. The maximum Gasteiger partial charge on any atom is 0.230 e. The minimum Gasteiger partial charge on any atom is -0.341 e. The molecule has 1 aromatic rings. The van der Waals surface area contributed by atoms with E-state index in [1.165, 1.54) is 6.07 Å². The molecule has 6 heteroatoms. The Kier molecular flexibility index (Phi) is 4.01. The predicted molar refractivity (Wildman–Crippen MR) is 87.4 cm³/mol. The summed E-state index contributed by atoms with van der Waals surface area (Å²) in [6.07, 6.45) is 4.32. The molecule has 2 heterocycles. The highest BCUT2D eigenvalue weighted by molar-refractivity contribution is 5.87. The fraction of sp³-hybridized carbons (Fsp3) is 0.579. The summed E-state index contributed by atoms with van der Waals surface area (Å²) in [5.74, 6) is -1.35. The van der Waals surface area contributed by atoms with Gasteiger partial charge in [-0.15, -0.1) is 0 Å². The maximum atomic E-state index is 13.4. The summed E-state index contributed by atoms with van der Waals surface area (Å²) in [7, 11) is 0. The molecule has 3 fully saturated rings. The smallest absolute Gasteiger partial charge is 0.230 e. The van der Waals surface area contributed by atoms with Gasteiger partial charge in [0.25, 0.3) is 0 Å². The lowest BCUT2D eigenvalue weighted by molar-refractivity contribution is -0.147. The van der Waals surface area contributed by atoms with Crippen LogP contribution in [0.5, 0.6) is 0 Å². The standard InChI is InChI=1S/C19H22F2N2O2/c20-15-5-2-13(10-16(15)21)11-22-8-1-6-19(18(22)25)7-9-23(12-19)17(24)14-3-4-14/h2,5,10,14H,1,3-4,6-9,11-12H2/t19-/m1/s1. The van der Waals surface area contributed by atoms with E-state index in [0.717, 1.165) is 37.8 Å². The van der Waals surface area contributed by atoms with E-state index >= 15 is 0 Å². The van der Waals surface area contributed by atoms with E-state index in [1.54, 1.807) is 4.90 Å². The number of likely N-dealkylation sites (tertiary alicyclic amines) is 2. The third-order valence-electron chi connectivity index (χ3n) is 5.77. The van der Waals surface area contributed by atoms with Crippen molar-refractivity contribution in [2.75, 3.05) is 19.6 Å². The van der Waals surface area contributed by atoms with Crippen molar-refractivity contribution in [1.29, 1.82) is 0 Å². The second kappa shape index (κ2) is 6.07. The molecule has 1 saturated carbocycles. The van der Waals surface area contributed by atoms with Crippen LogP contribution in [0.15, 0.2) is 18.2 Å². The van der Waals surface area contributed by atoms with Crippen molar-refractivity contribution < 1.29 is 18.4 Å². The highest BCUT2D eigenvalue weighted by Gasteiger charge is 2.50. The summed E-state index contributed by atoms with van der Waals surface area (Å²) < 4.78 is 26.5. The van der Waals surface area contributed by atoms with E-state index < -0.39 is 17.0 Å². The number of piperidine rings is 1. The second-order valence-electron chi connectivity index (χ2n) is 7.64. The van der Waals surface area contributed by atoms with Crippen LogP contribution in [0.1, 0.15) is 37.7 Å². The molecule has 4 nitrogen and oxygen atoms in total. The first-order valence-corrected chi connectivity index (χ1v) is 9.01. The molecular weight excluding hydrogens is 326 g/mol. The second-order valence-corrected chi connectivity index (χ2v) is 7.64. The Morgan fingerprint density at radius 2 is 1.96 bits per heavy atom. The molecule has 0 N–H and O–H groups in total. The van der Waals surface area contributed by atoms with Crippen molar-refractivity contribution >= 4 is 11.8 Å². The van der Waals surface area contributed by atoms with Gasteiger partial charge < -0.3 is 9.80 Å². The van der Waals surface area contributed by atoms with Gasteiger partial charge in [0.1, 0.15) is 0 Å². The van der Waals surface area contributed by atoms with Crippen LogP contribution in [-0.2, 0) is 16.1 Å². The van der Waals surface area contributed by atoms with Crippen LogP contribution in [-0.4, -0.2) is 41.2 Å². The molecule has 2 aliphatic heterocycles. The topological polar surface area (TPSA) is 40.6 Å². The Labute approximate surface area is 145 Å². The molecule has 2 amide bonds. The van der Waals surface area contributed by atoms with Crippen LogP contribution in [0.25, 0.3) is 0 Å². The van der Waals surface area contributed by atoms with Gasteiger partial charge in [-0.3, -0.25) is 9.59 Å². The zero-order valence-corrected chi connectivity index (χ0v) is 14.1. The zero-order valence-electron chi connectivity index (χ0n) is 14.1. The number of carbonyl (C=O) groups excluding carboxylic acids is 2. The van der Waals surface area contributed by atoms with Gasteiger partial charge in [0.2, 0.25) is 11.8 Å². The third kappa shape index (κ3) is 3.02. The molecule has 1 atom stereocenters. The highest BCUT2D eigenvalue weighted by Crippen LogP contribution is 2.42. The van der Waals surface area contributed by atoms with Gasteiger partial charge in [-0.05, 0) is 49.8 Å². The Hall–Kier alpha value is -1.98. The molecule has 2 saturated heterocycles. The number of rotatable bonds is 3.